The van der Waals surface area contributed by atoms with Gasteiger partial charge in [0.25, 0.3) is 0 Å². The van der Waals surface area contributed by atoms with Crippen LogP contribution in [-0.4, -0.2) is 60.6 Å². The van der Waals surface area contributed by atoms with Gasteiger partial charge in [0, 0.05) is 34.8 Å². The number of likely N-dealkylation sites (tertiary alicyclic amines) is 1. The van der Waals surface area contributed by atoms with E-state index in [0.717, 1.165) is 18.4 Å². The Bertz CT molecular complexity index is 1540. The Morgan fingerprint density at radius 2 is 1.80 bits per heavy atom. The molecule has 11 heteroatoms. The maximum Gasteiger partial charge on any atom is 0.335 e. The predicted molar refractivity (Wildman–Crippen MR) is 149 cm³/mol. The molecule has 1 aromatic heterocycles. The molecular weight excluding hydrogens is 532 g/mol. The van der Waals surface area contributed by atoms with Crippen molar-refractivity contribution in [2.45, 2.75) is 24.8 Å². The molecule has 1 aliphatic rings. The van der Waals surface area contributed by atoms with Gasteiger partial charge in [-0.15, -0.1) is 5.10 Å². The van der Waals surface area contributed by atoms with Crippen molar-refractivity contribution in [3.63, 3.8) is 0 Å². The highest BCUT2D eigenvalue weighted by atomic mass is 35.5. The molecule has 1 aliphatic heterocycles. The van der Waals surface area contributed by atoms with E-state index in [1.807, 2.05) is 30.3 Å². The summed E-state index contributed by atoms with van der Waals surface area (Å²) >= 11 is 6.22. The number of hydrogen-bond acceptors (Lipinski definition) is 6. The van der Waals surface area contributed by atoms with E-state index in [1.54, 1.807) is 29.2 Å². The Kier molecular flexibility index (Phi) is 7.97. The van der Waals surface area contributed by atoms with Crippen molar-refractivity contribution >= 4 is 41.1 Å². The molecule has 2 heterocycles. The number of aromatic nitrogens is 4. The van der Waals surface area contributed by atoms with Crippen molar-refractivity contribution in [3.05, 3.63) is 107 Å². The van der Waals surface area contributed by atoms with Crippen molar-refractivity contribution in [1.29, 1.82) is 0 Å². The highest BCUT2D eigenvalue weighted by Gasteiger charge is 2.39. The minimum Gasteiger partial charge on any atom is -0.478 e. The summed E-state index contributed by atoms with van der Waals surface area (Å²) in [4.78, 5) is 40.2. The van der Waals surface area contributed by atoms with Gasteiger partial charge in [-0.3, -0.25) is 9.59 Å². The molecule has 0 radical (unpaired) electrons. The van der Waals surface area contributed by atoms with Gasteiger partial charge in [-0.1, -0.05) is 41.9 Å². The zero-order valence-corrected chi connectivity index (χ0v) is 22.0. The summed E-state index contributed by atoms with van der Waals surface area (Å²) in [5, 5.41) is 23.8. The minimum atomic E-state index is -1.05. The molecule has 1 fully saturated rings. The Hall–Kier alpha value is -4.83. The largest absolute Gasteiger partial charge is 0.478 e. The van der Waals surface area contributed by atoms with Crippen LogP contribution in [0.4, 0.5) is 5.69 Å². The van der Waals surface area contributed by atoms with E-state index in [4.69, 9.17) is 11.6 Å². The maximum absolute atomic E-state index is 13.7. The van der Waals surface area contributed by atoms with Crippen molar-refractivity contribution < 1.29 is 19.5 Å². The van der Waals surface area contributed by atoms with Gasteiger partial charge in [0.05, 0.1) is 11.3 Å². The molecule has 40 heavy (non-hydrogen) atoms. The number of anilines is 1. The molecule has 0 aliphatic carbocycles. The lowest BCUT2D eigenvalue weighted by Crippen LogP contribution is -2.53. The molecule has 0 spiro atoms. The number of nitrogens with one attached hydrogen (secondary N) is 1. The summed E-state index contributed by atoms with van der Waals surface area (Å²) in [6.07, 6.45) is 5.96. The summed E-state index contributed by atoms with van der Waals surface area (Å²) < 4.78 is 1.47. The second-order valence-corrected chi connectivity index (χ2v) is 9.73. The molecule has 10 nitrogen and oxygen atoms in total. The lowest BCUT2D eigenvalue weighted by atomic mass is 9.82. The predicted octanol–water partition coefficient (Wildman–Crippen LogP) is 4.44. The van der Waals surface area contributed by atoms with Gasteiger partial charge < -0.3 is 15.3 Å². The van der Waals surface area contributed by atoms with Gasteiger partial charge in [0.2, 0.25) is 11.8 Å². The number of halogens is 1. The number of rotatable bonds is 7. The topological polar surface area (TPSA) is 130 Å². The number of piperidine rings is 1. The van der Waals surface area contributed by atoms with E-state index in [2.05, 4.69) is 20.8 Å². The SMILES string of the molecule is O=C(O)c1ccc(NC(=O)C2C(c3ccccc3)CCCN2C(=O)/C=C/c2cc(Cl)ccc2-n2cnnn2)cc1. The van der Waals surface area contributed by atoms with E-state index in [0.29, 0.717) is 28.5 Å². The zero-order valence-electron chi connectivity index (χ0n) is 21.2. The molecule has 3 aromatic carbocycles. The standard InChI is InChI=1S/C29H25ClN6O4/c30-22-11-14-25(36-18-31-33-34-36)21(17-22)10-15-26(37)35-16-4-7-24(19-5-2-1-3-6-19)27(35)28(38)32-23-12-8-20(9-13-23)29(39)40/h1-3,5-6,8-15,17-18,24,27H,4,7,16H2,(H,32,38)(H,39,40)/b15-10+. The molecular formula is C29H25ClN6O4. The van der Waals surface area contributed by atoms with E-state index < -0.39 is 12.0 Å². The van der Waals surface area contributed by atoms with E-state index in [9.17, 15) is 19.5 Å². The average molecular weight is 557 g/mol. The van der Waals surface area contributed by atoms with Crippen LogP contribution < -0.4 is 5.32 Å². The fraction of sp³-hybridized carbons (Fsp3) is 0.172. The number of carboxylic acids is 1. The first-order chi connectivity index (χ1) is 19.4. The number of benzene rings is 3. The van der Waals surface area contributed by atoms with Crippen LogP contribution in [0.5, 0.6) is 0 Å². The van der Waals surface area contributed by atoms with Crippen LogP contribution in [0.3, 0.4) is 0 Å². The number of aromatic carboxylic acids is 1. The summed E-state index contributed by atoms with van der Waals surface area (Å²) in [6.45, 7) is 0.401. The lowest BCUT2D eigenvalue weighted by Gasteiger charge is -2.40. The van der Waals surface area contributed by atoms with Gasteiger partial charge in [0.15, 0.2) is 0 Å². The molecule has 0 saturated carbocycles. The third-order valence-electron chi connectivity index (χ3n) is 6.80. The smallest absolute Gasteiger partial charge is 0.335 e. The lowest BCUT2D eigenvalue weighted by molar-refractivity contribution is -0.137. The van der Waals surface area contributed by atoms with Crippen molar-refractivity contribution in [2.75, 3.05) is 11.9 Å². The number of amides is 2. The normalized spacial score (nSPS) is 17.1. The Labute approximate surface area is 234 Å². The van der Waals surface area contributed by atoms with Crippen molar-refractivity contribution in [1.82, 2.24) is 25.1 Å². The Morgan fingerprint density at radius 3 is 2.50 bits per heavy atom. The third kappa shape index (κ3) is 5.92. The van der Waals surface area contributed by atoms with Crippen LogP contribution in [0.1, 0.15) is 40.2 Å². The first kappa shape index (κ1) is 26.8. The minimum absolute atomic E-state index is 0.113. The van der Waals surface area contributed by atoms with Gasteiger partial charge in [0.1, 0.15) is 12.4 Å². The first-order valence-electron chi connectivity index (χ1n) is 12.6. The van der Waals surface area contributed by atoms with E-state index in [-0.39, 0.29) is 23.3 Å². The second kappa shape index (κ2) is 11.9. The quantitative estimate of drug-likeness (QED) is 0.322. The summed E-state index contributed by atoms with van der Waals surface area (Å²) in [5.41, 5.74) is 2.78. The van der Waals surface area contributed by atoms with Crippen molar-refractivity contribution in [2.24, 2.45) is 0 Å². The fourth-order valence-corrected chi connectivity index (χ4v) is 5.11. The van der Waals surface area contributed by atoms with Crippen LogP contribution in [-0.2, 0) is 9.59 Å². The number of carbonyl (C=O) groups is 3. The fourth-order valence-electron chi connectivity index (χ4n) is 4.92. The maximum atomic E-state index is 13.7. The zero-order chi connectivity index (χ0) is 28.1. The number of tetrazole rings is 1. The summed E-state index contributed by atoms with van der Waals surface area (Å²) in [7, 11) is 0. The Morgan fingerprint density at radius 1 is 1.02 bits per heavy atom. The molecule has 0 bridgehead atoms. The van der Waals surface area contributed by atoms with Crippen LogP contribution in [0, 0.1) is 0 Å². The van der Waals surface area contributed by atoms with E-state index >= 15 is 0 Å². The van der Waals surface area contributed by atoms with Gasteiger partial charge in [-0.25, -0.2) is 4.79 Å². The molecule has 2 N–H and O–H groups in total. The third-order valence-corrected chi connectivity index (χ3v) is 7.04. The van der Waals surface area contributed by atoms with Crippen LogP contribution in [0.15, 0.2) is 85.2 Å². The number of carbonyl (C=O) groups excluding carboxylic acids is 2. The molecule has 202 valence electrons. The first-order valence-corrected chi connectivity index (χ1v) is 13.0. The Balaban J connectivity index is 1.44. The number of nitrogens with zero attached hydrogens (tertiary/aromatic N) is 5. The van der Waals surface area contributed by atoms with Crippen LogP contribution in [0.25, 0.3) is 11.8 Å². The molecule has 2 amide bonds. The summed E-state index contributed by atoms with van der Waals surface area (Å²) in [5.74, 6) is -1.96. The van der Waals surface area contributed by atoms with Crippen LogP contribution >= 0.6 is 11.6 Å². The highest BCUT2D eigenvalue weighted by Crippen LogP contribution is 2.34. The van der Waals surface area contributed by atoms with Gasteiger partial charge >= 0.3 is 5.97 Å². The number of carboxylic acid groups (broad SMARTS) is 1. The highest BCUT2D eigenvalue weighted by molar-refractivity contribution is 6.30. The van der Waals surface area contributed by atoms with Crippen LogP contribution in [0.2, 0.25) is 5.02 Å². The average Bonchev–Trinajstić information content (AvgIpc) is 3.51. The summed E-state index contributed by atoms with van der Waals surface area (Å²) in [6, 6.07) is 19.9. The molecule has 5 rings (SSSR count). The molecule has 2 atom stereocenters. The van der Waals surface area contributed by atoms with Gasteiger partial charge in [-0.2, -0.15) is 4.68 Å². The van der Waals surface area contributed by atoms with E-state index in [1.165, 1.54) is 41.4 Å². The molecule has 1 saturated heterocycles. The molecule has 2 unspecified atom stereocenters. The number of hydrogen-bond donors (Lipinski definition) is 2. The van der Waals surface area contributed by atoms with Crippen molar-refractivity contribution in [3.8, 4) is 5.69 Å². The second-order valence-electron chi connectivity index (χ2n) is 9.30. The van der Waals surface area contributed by atoms with Gasteiger partial charge in [-0.05, 0) is 77.4 Å². The molecule has 4 aromatic rings. The monoisotopic (exact) mass is 556 g/mol.